The minimum Gasteiger partial charge on any atom is -0.322 e. The van der Waals surface area contributed by atoms with Crippen molar-refractivity contribution in [3.8, 4) is 0 Å². The van der Waals surface area contributed by atoms with Crippen molar-refractivity contribution in [2.24, 2.45) is 0 Å². The second kappa shape index (κ2) is 7.54. The van der Waals surface area contributed by atoms with Crippen molar-refractivity contribution in [3.05, 3.63) is 84.3 Å². The van der Waals surface area contributed by atoms with Gasteiger partial charge in [-0.25, -0.2) is 0 Å². The van der Waals surface area contributed by atoms with Gasteiger partial charge in [-0.2, -0.15) is 0 Å². The molecule has 0 saturated heterocycles. The molecule has 26 heavy (non-hydrogen) atoms. The highest BCUT2D eigenvalue weighted by atomic mass is 32.1. The van der Waals surface area contributed by atoms with Crippen LogP contribution in [0.5, 0.6) is 0 Å². The number of carbonyl (C=O) groups is 1. The summed E-state index contributed by atoms with van der Waals surface area (Å²) in [5.41, 5.74) is 4.91. The van der Waals surface area contributed by atoms with Crippen LogP contribution in [-0.4, -0.2) is 10.9 Å². The van der Waals surface area contributed by atoms with Gasteiger partial charge in [0.2, 0.25) is 0 Å². The molecule has 0 spiro atoms. The Hall–Kier alpha value is -2.92. The molecule has 0 saturated carbocycles. The van der Waals surface area contributed by atoms with E-state index in [4.69, 9.17) is 0 Å². The zero-order valence-corrected chi connectivity index (χ0v) is 15.7. The van der Waals surface area contributed by atoms with E-state index in [1.54, 1.807) is 0 Å². The lowest BCUT2D eigenvalue weighted by atomic mass is 10.1. The number of amides is 1. The van der Waals surface area contributed by atoms with E-state index in [1.165, 1.54) is 17.4 Å². The first-order valence-electron chi connectivity index (χ1n) is 8.28. The molecule has 0 fully saturated rings. The largest absolute Gasteiger partial charge is 0.322 e. The monoisotopic (exact) mass is 364 g/mol. The molecule has 0 aliphatic rings. The van der Waals surface area contributed by atoms with E-state index in [0.717, 1.165) is 27.9 Å². The van der Waals surface area contributed by atoms with Gasteiger partial charge in [0.15, 0.2) is 0 Å². The first-order chi connectivity index (χ1) is 12.4. The number of rotatable bonds is 3. The van der Waals surface area contributed by atoms with E-state index >= 15 is 0 Å². The van der Waals surface area contributed by atoms with E-state index in [2.05, 4.69) is 10.3 Å². The van der Waals surface area contributed by atoms with E-state index in [-0.39, 0.29) is 11.5 Å². The fourth-order valence-corrected chi connectivity index (χ4v) is 3.39. The van der Waals surface area contributed by atoms with Gasteiger partial charge in [-0.05, 0) is 50.1 Å². The van der Waals surface area contributed by atoms with Crippen molar-refractivity contribution in [2.75, 3.05) is 5.32 Å². The summed E-state index contributed by atoms with van der Waals surface area (Å²) in [4.78, 5) is 27.1. The molecule has 1 heterocycles. The number of aromatic nitrogens is 1. The summed E-state index contributed by atoms with van der Waals surface area (Å²) < 4.78 is 1.10. The van der Waals surface area contributed by atoms with Gasteiger partial charge in [-0.3, -0.25) is 9.59 Å². The quantitative estimate of drug-likeness (QED) is 0.750. The van der Waals surface area contributed by atoms with Gasteiger partial charge < -0.3 is 10.3 Å². The van der Waals surface area contributed by atoms with Crippen LogP contribution in [0.15, 0.2) is 47.3 Å². The number of H-pyrrole nitrogens is 1. The van der Waals surface area contributed by atoms with E-state index in [0.29, 0.717) is 9.20 Å². The maximum Gasteiger partial charge on any atom is 0.266 e. The van der Waals surface area contributed by atoms with Crippen molar-refractivity contribution in [2.45, 2.75) is 20.8 Å². The van der Waals surface area contributed by atoms with Gasteiger partial charge in [0.1, 0.15) is 4.66 Å². The van der Waals surface area contributed by atoms with Gasteiger partial charge in [0.25, 0.3) is 11.5 Å². The number of aryl methyl sites for hydroxylation is 3. The molecule has 1 aromatic heterocycles. The summed E-state index contributed by atoms with van der Waals surface area (Å²) in [5.74, 6) is -0.273. The second-order valence-corrected chi connectivity index (χ2v) is 7.37. The molecule has 1 amide bonds. The van der Waals surface area contributed by atoms with Crippen LogP contribution in [0, 0.1) is 20.8 Å². The molecule has 0 bridgehead atoms. The van der Waals surface area contributed by atoms with Crippen molar-refractivity contribution in [1.82, 2.24) is 4.98 Å². The van der Waals surface area contributed by atoms with Crippen LogP contribution in [0.1, 0.15) is 22.3 Å². The highest BCUT2D eigenvalue weighted by molar-refractivity contribution is 7.07. The lowest BCUT2D eigenvalue weighted by molar-refractivity contribution is -0.110. The first-order valence-corrected chi connectivity index (χ1v) is 9.10. The first kappa shape index (κ1) is 17.9. The summed E-state index contributed by atoms with van der Waals surface area (Å²) in [5, 5.41) is 2.79. The molecule has 0 aliphatic heterocycles. The SMILES string of the molecule is Cc1ccc(NC(=O)/C=c2\[nH]c(=O)/c(=C\c3cc(C)ccc3C)s2)cc1. The maximum atomic E-state index is 12.2. The molecular weight excluding hydrogens is 344 g/mol. The number of hydrogen-bond donors (Lipinski definition) is 2. The van der Waals surface area contributed by atoms with Gasteiger partial charge >= 0.3 is 0 Å². The number of aromatic amines is 1. The molecule has 0 radical (unpaired) electrons. The topological polar surface area (TPSA) is 62.0 Å². The van der Waals surface area contributed by atoms with Crippen LogP contribution >= 0.6 is 11.3 Å². The number of nitrogens with one attached hydrogen (secondary N) is 2. The Labute approximate surface area is 155 Å². The molecule has 0 atom stereocenters. The van der Waals surface area contributed by atoms with Crippen LogP contribution in [0.25, 0.3) is 12.2 Å². The molecule has 3 rings (SSSR count). The van der Waals surface area contributed by atoms with Crippen molar-refractivity contribution in [3.63, 3.8) is 0 Å². The number of anilines is 1. The third-order valence-electron chi connectivity index (χ3n) is 3.98. The summed E-state index contributed by atoms with van der Waals surface area (Å²) in [7, 11) is 0. The Bertz CT molecular complexity index is 1120. The zero-order chi connectivity index (χ0) is 18.7. The van der Waals surface area contributed by atoms with E-state index in [9.17, 15) is 9.59 Å². The third kappa shape index (κ3) is 4.37. The summed E-state index contributed by atoms with van der Waals surface area (Å²) in [6, 6.07) is 13.7. The second-order valence-electron chi connectivity index (χ2n) is 6.29. The standard InChI is InChI=1S/C21H20N2O2S/c1-13-5-8-17(9-6-13)22-19(24)12-20-23-21(25)18(26-20)11-16-10-14(2)4-7-15(16)3/h4-12H,1-3H3,(H,22,24)(H,23,25)/b18-11+,20-12+. The Morgan fingerprint density at radius 1 is 1.04 bits per heavy atom. The predicted molar refractivity (Wildman–Crippen MR) is 108 cm³/mol. The van der Waals surface area contributed by atoms with Crippen molar-refractivity contribution < 1.29 is 4.79 Å². The maximum absolute atomic E-state index is 12.2. The molecule has 2 N–H and O–H groups in total. The zero-order valence-electron chi connectivity index (χ0n) is 14.9. The molecule has 2 aromatic carbocycles. The van der Waals surface area contributed by atoms with Crippen LogP contribution < -0.4 is 20.1 Å². The number of carbonyl (C=O) groups excluding carboxylic acids is 1. The Morgan fingerprint density at radius 2 is 1.73 bits per heavy atom. The molecule has 0 unspecified atom stereocenters. The average Bonchev–Trinajstić information content (AvgIpc) is 2.92. The number of hydrogen-bond acceptors (Lipinski definition) is 3. The van der Waals surface area contributed by atoms with Crippen LogP contribution in [0.3, 0.4) is 0 Å². The van der Waals surface area contributed by atoms with Crippen LogP contribution in [-0.2, 0) is 4.79 Å². The Kier molecular flexibility index (Phi) is 5.19. The van der Waals surface area contributed by atoms with Gasteiger partial charge in [-0.1, -0.05) is 41.5 Å². The fourth-order valence-electron chi connectivity index (χ4n) is 2.52. The minimum absolute atomic E-state index is 0.190. The van der Waals surface area contributed by atoms with Gasteiger partial charge in [0.05, 0.1) is 4.53 Å². The molecule has 132 valence electrons. The molecule has 5 heteroatoms. The van der Waals surface area contributed by atoms with Crippen molar-refractivity contribution >= 4 is 35.1 Å². The molecular formula is C21H20N2O2S. The third-order valence-corrected chi connectivity index (χ3v) is 4.95. The van der Waals surface area contributed by atoms with E-state index < -0.39 is 0 Å². The van der Waals surface area contributed by atoms with Gasteiger partial charge in [0, 0.05) is 11.8 Å². The van der Waals surface area contributed by atoms with Crippen LogP contribution in [0.4, 0.5) is 5.69 Å². The molecule has 0 aliphatic carbocycles. The minimum atomic E-state index is -0.273. The summed E-state index contributed by atoms with van der Waals surface area (Å²) in [6.45, 7) is 6.02. The number of benzene rings is 2. The smallest absolute Gasteiger partial charge is 0.266 e. The fraction of sp³-hybridized carbons (Fsp3) is 0.143. The Balaban J connectivity index is 1.89. The molecule has 3 aromatic rings. The summed E-state index contributed by atoms with van der Waals surface area (Å²) >= 11 is 1.27. The normalized spacial score (nSPS) is 12.4. The van der Waals surface area contributed by atoms with Crippen molar-refractivity contribution in [1.29, 1.82) is 0 Å². The van der Waals surface area contributed by atoms with E-state index in [1.807, 2.05) is 69.3 Å². The Morgan fingerprint density at radius 3 is 2.46 bits per heavy atom. The van der Waals surface area contributed by atoms with Gasteiger partial charge in [-0.15, -0.1) is 11.3 Å². The highest BCUT2D eigenvalue weighted by Crippen LogP contribution is 2.11. The van der Waals surface area contributed by atoms with Crippen LogP contribution in [0.2, 0.25) is 0 Å². The summed E-state index contributed by atoms with van der Waals surface area (Å²) in [6.07, 6.45) is 3.27. The highest BCUT2D eigenvalue weighted by Gasteiger charge is 2.02. The lowest BCUT2D eigenvalue weighted by Gasteiger charge is -2.01. The number of thiazole rings is 1. The average molecular weight is 364 g/mol. The predicted octanol–water partition coefficient (Wildman–Crippen LogP) is 2.61. The lowest BCUT2D eigenvalue weighted by Crippen LogP contribution is -2.20. The molecule has 4 nitrogen and oxygen atoms in total.